The molecule has 1 aromatic carbocycles. The Hall–Kier alpha value is -1.57. The van der Waals surface area contributed by atoms with E-state index >= 15 is 0 Å². The van der Waals surface area contributed by atoms with Gasteiger partial charge in [-0.2, -0.15) is 0 Å². The third-order valence-electron chi connectivity index (χ3n) is 3.31. The van der Waals surface area contributed by atoms with Crippen LogP contribution in [0.15, 0.2) is 35.5 Å². The molecule has 1 N–H and O–H groups in total. The number of aliphatic imine (C=N–C) groups is 1. The Kier molecular flexibility index (Phi) is 2.49. The summed E-state index contributed by atoms with van der Waals surface area (Å²) in [6, 6.07) is 9.12. The Morgan fingerprint density at radius 1 is 1.19 bits per heavy atom. The lowest BCUT2D eigenvalue weighted by molar-refractivity contribution is 0.619. The van der Waals surface area contributed by atoms with E-state index in [0.717, 1.165) is 6.42 Å². The number of rotatable bonds is 1. The van der Waals surface area contributed by atoms with Gasteiger partial charge in [-0.25, -0.2) is 0 Å². The Morgan fingerprint density at radius 2 is 2.19 bits per heavy atom. The number of H-pyrrole nitrogens is 1. The second-order valence-electron chi connectivity index (χ2n) is 4.46. The van der Waals surface area contributed by atoms with Crippen LogP contribution in [0.1, 0.15) is 37.3 Å². The zero-order valence-corrected chi connectivity index (χ0v) is 9.32. The van der Waals surface area contributed by atoms with Gasteiger partial charge in [0.2, 0.25) is 0 Å². The van der Waals surface area contributed by atoms with Crippen molar-refractivity contribution in [2.45, 2.75) is 31.7 Å². The fraction of sp³-hybridized carbons (Fsp3) is 0.357. The van der Waals surface area contributed by atoms with E-state index in [0.29, 0.717) is 6.04 Å². The molecule has 0 bridgehead atoms. The summed E-state index contributed by atoms with van der Waals surface area (Å²) >= 11 is 0. The first-order valence-corrected chi connectivity index (χ1v) is 6.02. The van der Waals surface area contributed by atoms with Crippen LogP contribution in [0.5, 0.6) is 0 Å². The zero-order chi connectivity index (χ0) is 10.8. The minimum atomic E-state index is 0.377. The first-order valence-electron chi connectivity index (χ1n) is 6.02. The molecule has 0 spiro atoms. The first kappa shape index (κ1) is 9.64. The lowest BCUT2D eigenvalue weighted by Crippen LogP contribution is -1.94. The molecular weight excluding hydrogens is 196 g/mol. The van der Waals surface area contributed by atoms with Gasteiger partial charge in [0.15, 0.2) is 0 Å². The molecule has 16 heavy (non-hydrogen) atoms. The number of nitrogens with zero attached hydrogens (tertiary/aromatic N) is 1. The van der Waals surface area contributed by atoms with Crippen LogP contribution in [0.2, 0.25) is 0 Å². The van der Waals surface area contributed by atoms with Crippen LogP contribution < -0.4 is 0 Å². The van der Waals surface area contributed by atoms with Crippen LogP contribution in [0.3, 0.4) is 0 Å². The number of benzene rings is 1. The van der Waals surface area contributed by atoms with Gasteiger partial charge >= 0.3 is 0 Å². The van der Waals surface area contributed by atoms with E-state index in [-0.39, 0.29) is 0 Å². The van der Waals surface area contributed by atoms with Gasteiger partial charge < -0.3 is 4.98 Å². The minimum absolute atomic E-state index is 0.377. The summed E-state index contributed by atoms with van der Waals surface area (Å²) in [5.41, 5.74) is 2.56. The van der Waals surface area contributed by atoms with Gasteiger partial charge in [0.05, 0.1) is 6.04 Å². The molecular formula is C14H16N2. The van der Waals surface area contributed by atoms with Crippen LogP contribution in [-0.4, -0.2) is 11.2 Å². The second kappa shape index (κ2) is 4.12. The van der Waals surface area contributed by atoms with Crippen molar-refractivity contribution in [3.63, 3.8) is 0 Å². The number of aromatic amines is 1. The molecule has 2 aromatic rings. The van der Waals surface area contributed by atoms with Crippen LogP contribution in [0.25, 0.3) is 10.9 Å². The molecule has 1 aliphatic heterocycles. The van der Waals surface area contributed by atoms with Gasteiger partial charge in [0.1, 0.15) is 0 Å². The highest BCUT2D eigenvalue weighted by Crippen LogP contribution is 2.28. The molecule has 2 heterocycles. The van der Waals surface area contributed by atoms with Crippen molar-refractivity contribution in [3.05, 3.63) is 36.0 Å². The Labute approximate surface area is 95.4 Å². The second-order valence-corrected chi connectivity index (χ2v) is 4.46. The van der Waals surface area contributed by atoms with Crippen molar-refractivity contribution < 1.29 is 0 Å². The molecule has 2 nitrogen and oxygen atoms in total. The summed E-state index contributed by atoms with van der Waals surface area (Å²) in [6.07, 6.45) is 8.99. The van der Waals surface area contributed by atoms with Gasteiger partial charge in [0, 0.05) is 11.7 Å². The van der Waals surface area contributed by atoms with E-state index in [1.807, 2.05) is 6.20 Å². The summed E-state index contributed by atoms with van der Waals surface area (Å²) in [5, 5.41) is 1.29. The number of nitrogens with one attached hydrogen (secondary N) is 1. The fourth-order valence-electron chi connectivity index (χ4n) is 2.38. The van der Waals surface area contributed by atoms with E-state index in [1.54, 1.807) is 0 Å². The Balaban J connectivity index is 1.97. The summed E-state index contributed by atoms with van der Waals surface area (Å²) in [5.74, 6) is 0. The quantitative estimate of drug-likeness (QED) is 0.743. The maximum Gasteiger partial charge on any atom is 0.0745 e. The van der Waals surface area contributed by atoms with E-state index in [1.165, 1.54) is 35.7 Å². The zero-order valence-electron chi connectivity index (χ0n) is 9.32. The van der Waals surface area contributed by atoms with Gasteiger partial charge in [-0.15, -0.1) is 0 Å². The average Bonchev–Trinajstić information content (AvgIpc) is 2.61. The lowest BCUT2D eigenvalue weighted by atomic mass is 10.0. The third kappa shape index (κ3) is 1.75. The molecule has 0 amide bonds. The lowest BCUT2D eigenvalue weighted by Gasteiger charge is -2.10. The molecule has 1 atom stereocenters. The van der Waals surface area contributed by atoms with Crippen LogP contribution in [0, 0.1) is 0 Å². The molecule has 3 rings (SSSR count). The Morgan fingerprint density at radius 3 is 3.19 bits per heavy atom. The van der Waals surface area contributed by atoms with E-state index in [9.17, 15) is 0 Å². The fourth-order valence-corrected chi connectivity index (χ4v) is 2.38. The van der Waals surface area contributed by atoms with Crippen molar-refractivity contribution in [2.24, 2.45) is 4.99 Å². The van der Waals surface area contributed by atoms with Crippen molar-refractivity contribution in [2.75, 3.05) is 0 Å². The maximum absolute atomic E-state index is 4.65. The summed E-state index contributed by atoms with van der Waals surface area (Å²) in [7, 11) is 0. The predicted molar refractivity (Wildman–Crippen MR) is 68.0 cm³/mol. The highest BCUT2D eigenvalue weighted by Gasteiger charge is 2.11. The normalized spacial score (nSPS) is 21.1. The Bertz CT molecular complexity index is 510. The molecule has 1 aliphatic rings. The summed E-state index contributed by atoms with van der Waals surface area (Å²) in [6.45, 7) is 0. The van der Waals surface area contributed by atoms with E-state index < -0.39 is 0 Å². The predicted octanol–water partition coefficient (Wildman–Crippen LogP) is 3.85. The highest BCUT2D eigenvalue weighted by molar-refractivity contribution is 5.80. The molecule has 82 valence electrons. The van der Waals surface area contributed by atoms with Crippen LogP contribution in [-0.2, 0) is 0 Å². The highest BCUT2D eigenvalue weighted by atomic mass is 14.8. The van der Waals surface area contributed by atoms with Gasteiger partial charge in [-0.3, -0.25) is 4.99 Å². The third-order valence-corrected chi connectivity index (χ3v) is 3.31. The molecule has 1 unspecified atom stereocenters. The van der Waals surface area contributed by atoms with Gasteiger partial charge in [-0.05, 0) is 54.6 Å². The number of fused-ring (bicyclic) bond motifs is 1. The van der Waals surface area contributed by atoms with Crippen molar-refractivity contribution >= 4 is 17.1 Å². The molecule has 0 fully saturated rings. The van der Waals surface area contributed by atoms with Crippen LogP contribution >= 0.6 is 0 Å². The van der Waals surface area contributed by atoms with E-state index in [4.69, 9.17) is 0 Å². The topological polar surface area (TPSA) is 28.1 Å². The largest absolute Gasteiger partial charge is 0.361 e. The smallest absolute Gasteiger partial charge is 0.0745 e. The number of aromatic nitrogens is 1. The monoisotopic (exact) mass is 212 g/mol. The number of hydrogen-bond donors (Lipinski definition) is 1. The van der Waals surface area contributed by atoms with Crippen molar-refractivity contribution in [1.29, 1.82) is 0 Å². The maximum atomic E-state index is 4.65. The molecule has 0 radical (unpaired) electrons. The summed E-state index contributed by atoms with van der Waals surface area (Å²) < 4.78 is 0. The average molecular weight is 212 g/mol. The minimum Gasteiger partial charge on any atom is -0.361 e. The molecule has 1 aromatic heterocycles. The van der Waals surface area contributed by atoms with Crippen molar-refractivity contribution in [3.8, 4) is 0 Å². The van der Waals surface area contributed by atoms with Gasteiger partial charge in [-0.1, -0.05) is 12.5 Å². The van der Waals surface area contributed by atoms with Crippen LogP contribution in [0.4, 0.5) is 0 Å². The van der Waals surface area contributed by atoms with E-state index in [2.05, 4.69) is 40.5 Å². The molecule has 0 aliphatic carbocycles. The number of hydrogen-bond acceptors (Lipinski definition) is 1. The van der Waals surface area contributed by atoms with Crippen molar-refractivity contribution in [1.82, 2.24) is 4.98 Å². The molecule has 0 saturated heterocycles. The standard InChI is InChI=1S/C14H16N2/c1-2-4-13(15-8-3-1)11-5-6-14-12(10-11)7-9-16-14/h5-10,13,16H,1-4H2. The van der Waals surface area contributed by atoms with Gasteiger partial charge in [0.25, 0.3) is 0 Å². The first-order chi connectivity index (χ1) is 7.93. The SMILES string of the molecule is C1=NC(c2ccc3[nH]ccc3c2)CCCC1. The summed E-state index contributed by atoms with van der Waals surface area (Å²) in [4.78, 5) is 7.87. The molecule has 0 saturated carbocycles. The molecule has 2 heteroatoms.